The molecule has 1 aliphatic rings. The van der Waals surface area contributed by atoms with Gasteiger partial charge in [0.25, 0.3) is 0 Å². The summed E-state index contributed by atoms with van der Waals surface area (Å²) in [5, 5.41) is 0. The molecule has 0 N–H and O–H groups in total. The van der Waals surface area contributed by atoms with E-state index < -0.39 is 0 Å². The number of ether oxygens (including phenoxy) is 1. The molecule has 0 bridgehead atoms. The molecule has 1 atom stereocenters. The number of alkyl halides is 1. The summed E-state index contributed by atoms with van der Waals surface area (Å²) in [6.07, 6.45) is 3.65. The quantitative estimate of drug-likeness (QED) is 0.380. The van der Waals surface area contributed by atoms with E-state index in [1.165, 1.54) is 36.5 Å². The van der Waals surface area contributed by atoms with Gasteiger partial charge >= 0.3 is 0 Å². The first kappa shape index (κ1) is 17.7. The van der Waals surface area contributed by atoms with Crippen LogP contribution in [-0.2, 0) is 4.43 Å². The topological polar surface area (TPSA) is 9.23 Å². The smallest absolute Gasteiger partial charge is 0.131 e. The molecule has 3 heteroatoms. The van der Waals surface area contributed by atoms with E-state index in [4.69, 9.17) is 4.74 Å². The predicted octanol–water partition coefficient (Wildman–Crippen LogP) is 6.73. The predicted molar refractivity (Wildman–Crippen MR) is 106 cm³/mol. The lowest BCUT2D eigenvalue weighted by Gasteiger charge is -2.30. The summed E-state index contributed by atoms with van der Waals surface area (Å²) in [6.45, 7) is 4.68. The summed E-state index contributed by atoms with van der Waals surface area (Å²) in [7, 11) is 1.62. The van der Waals surface area contributed by atoms with Crippen LogP contribution in [0.2, 0.25) is 0 Å². The first-order chi connectivity index (χ1) is 11.5. The van der Waals surface area contributed by atoms with Crippen LogP contribution in [0.5, 0.6) is 5.75 Å². The minimum Gasteiger partial charge on any atom is -0.497 e. The molecule has 2 aromatic carbocycles. The van der Waals surface area contributed by atoms with Crippen molar-refractivity contribution in [1.29, 1.82) is 0 Å². The second kappa shape index (κ2) is 7.03. The Morgan fingerprint density at radius 3 is 2.58 bits per heavy atom. The summed E-state index contributed by atoms with van der Waals surface area (Å²) in [4.78, 5) is 0. The monoisotopic (exact) mass is 438 g/mol. The molecular formula is C21H24FIO. The number of hydrogen-bond acceptors (Lipinski definition) is 1. The molecule has 1 aliphatic carbocycles. The zero-order valence-corrected chi connectivity index (χ0v) is 16.7. The Morgan fingerprint density at radius 2 is 1.96 bits per heavy atom. The van der Waals surface area contributed by atoms with Crippen LogP contribution in [0.15, 0.2) is 36.4 Å². The number of methoxy groups -OCH3 is 1. The highest BCUT2D eigenvalue weighted by molar-refractivity contribution is 14.1. The van der Waals surface area contributed by atoms with Crippen molar-refractivity contribution in [2.75, 3.05) is 7.11 Å². The number of hydrogen-bond donors (Lipinski definition) is 0. The van der Waals surface area contributed by atoms with Gasteiger partial charge in [-0.25, -0.2) is 4.39 Å². The lowest BCUT2D eigenvalue weighted by Crippen LogP contribution is -2.16. The van der Waals surface area contributed by atoms with Crippen LogP contribution in [0, 0.1) is 11.2 Å². The fraction of sp³-hybridized carbons (Fsp3) is 0.429. The first-order valence-corrected chi connectivity index (χ1v) is 10.0. The Balaban J connectivity index is 2.18. The molecule has 24 heavy (non-hydrogen) atoms. The van der Waals surface area contributed by atoms with Crippen molar-refractivity contribution < 1.29 is 9.13 Å². The van der Waals surface area contributed by atoms with Crippen molar-refractivity contribution in [3.63, 3.8) is 0 Å². The summed E-state index contributed by atoms with van der Waals surface area (Å²) in [5.41, 5.74) is 4.51. The molecule has 0 radical (unpaired) electrons. The minimum atomic E-state index is -0.185. The van der Waals surface area contributed by atoms with E-state index in [1.807, 2.05) is 6.07 Å². The van der Waals surface area contributed by atoms with E-state index in [0.717, 1.165) is 9.99 Å². The third-order valence-electron chi connectivity index (χ3n) is 5.37. The maximum atomic E-state index is 14.6. The van der Waals surface area contributed by atoms with Gasteiger partial charge < -0.3 is 4.74 Å². The van der Waals surface area contributed by atoms with Crippen LogP contribution in [0.1, 0.15) is 50.2 Å². The van der Waals surface area contributed by atoms with E-state index in [0.29, 0.717) is 17.2 Å². The van der Waals surface area contributed by atoms with E-state index in [9.17, 15) is 4.39 Å². The van der Waals surface area contributed by atoms with Gasteiger partial charge in [-0.2, -0.15) is 0 Å². The molecule has 1 fully saturated rings. The maximum Gasteiger partial charge on any atom is 0.131 e. The van der Waals surface area contributed by atoms with Crippen LogP contribution >= 0.6 is 22.6 Å². The van der Waals surface area contributed by atoms with E-state index in [-0.39, 0.29) is 11.2 Å². The third kappa shape index (κ3) is 3.32. The van der Waals surface area contributed by atoms with Crippen LogP contribution < -0.4 is 4.74 Å². The molecule has 1 saturated carbocycles. The fourth-order valence-corrected chi connectivity index (χ4v) is 4.44. The second-order valence-corrected chi connectivity index (χ2v) is 8.10. The first-order valence-electron chi connectivity index (χ1n) is 8.49. The average molecular weight is 438 g/mol. The molecule has 128 valence electrons. The van der Waals surface area contributed by atoms with Gasteiger partial charge in [-0.05, 0) is 59.1 Å². The largest absolute Gasteiger partial charge is 0.497 e. The molecule has 0 aromatic heterocycles. The Morgan fingerprint density at radius 1 is 1.17 bits per heavy atom. The third-order valence-corrected chi connectivity index (χ3v) is 6.25. The Kier molecular flexibility index (Phi) is 5.19. The highest BCUT2D eigenvalue weighted by Gasteiger charge is 2.37. The van der Waals surface area contributed by atoms with Gasteiger partial charge in [-0.1, -0.05) is 61.1 Å². The highest BCUT2D eigenvalue weighted by Crippen LogP contribution is 2.51. The Labute approximate surface area is 157 Å². The van der Waals surface area contributed by atoms with Crippen molar-refractivity contribution in [2.45, 2.75) is 43.5 Å². The van der Waals surface area contributed by atoms with Crippen LogP contribution in [0.4, 0.5) is 4.39 Å². The van der Waals surface area contributed by atoms with Gasteiger partial charge in [0.1, 0.15) is 11.6 Å². The van der Waals surface area contributed by atoms with Crippen LogP contribution in [0.3, 0.4) is 0 Å². The molecular weight excluding hydrogens is 414 g/mol. The zero-order valence-electron chi connectivity index (χ0n) is 14.5. The van der Waals surface area contributed by atoms with Crippen molar-refractivity contribution in [1.82, 2.24) is 0 Å². The normalized spacial score (nSPS) is 19.5. The number of rotatable bonds is 4. The molecule has 0 aliphatic heterocycles. The fourth-order valence-electron chi connectivity index (χ4n) is 3.97. The SMILES string of the molecule is COc1ccc(F)c(-c2ccc(CI)cc2[C@H]2CCCC2(C)C)c1. The lowest BCUT2D eigenvalue weighted by molar-refractivity contribution is 0.332. The molecule has 2 aromatic rings. The molecule has 1 nitrogen and oxygen atoms in total. The van der Waals surface area contributed by atoms with Gasteiger partial charge in [0.15, 0.2) is 0 Å². The van der Waals surface area contributed by atoms with E-state index in [2.05, 4.69) is 54.6 Å². The molecule has 0 unspecified atom stereocenters. The molecule has 0 amide bonds. The van der Waals surface area contributed by atoms with Crippen molar-refractivity contribution in [3.8, 4) is 16.9 Å². The van der Waals surface area contributed by atoms with Gasteiger partial charge in [0.05, 0.1) is 7.11 Å². The molecule has 0 saturated heterocycles. The second-order valence-electron chi connectivity index (χ2n) is 7.33. The maximum absolute atomic E-state index is 14.6. The van der Waals surface area contributed by atoms with Crippen LogP contribution in [0.25, 0.3) is 11.1 Å². The van der Waals surface area contributed by atoms with Crippen LogP contribution in [-0.4, -0.2) is 7.11 Å². The van der Waals surface area contributed by atoms with Gasteiger partial charge in [0, 0.05) is 9.99 Å². The van der Waals surface area contributed by atoms with Crippen molar-refractivity contribution >= 4 is 22.6 Å². The number of benzene rings is 2. The van der Waals surface area contributed by atoms with E-state index in [1.54, 1.807) is 13.2 Å². The number of halogens is 2. The van der Waals surface area contributed by atoms with Gasteiger partial charge in [-0.3, -0.25) is 0 Å². The summed E-state index contributed by atoms with van der Waals surface area (Å²) >= 11 is 2.39. The lowest BCUT2D eigenvalue weighted by atomic mass is 9.75. The van der Waals surface area contributed by atoms with E-state index >= 15 is 0 Å². The molecule has 0 spiro atoms. The van der Waals surface area contributed by atoms with Crippen molar-refractivity contribution in [2.24, 2.45) is 5.41 Å². The Hall–Kier alpha value is -1.10. The summed E-state index contributed by atoms with van der Waals surface area (Å²) in [5.74, 6) is 0.983. The molecule has 3 rings (SSSR count). The van der Waals surface area contributed by atoms with Gasteiger partial charge in [-0.15, -0.1) is 0 Å². The Bertz CT molecular complexity index is 739. The van der Waals surface area contributed by atoms with Gasteiger partial charge in [0.2, 0.25) is 0 Å². The standard InChI is InChI=1S/C21H24FIO/c1-21(2)10-4-5-19(21)17-11-14(13-23)6-8-16(17)18-12-15(24-3)7-9-20(18)22/h6-9,11-12,19H,4-5,10,13H2,1-3H3/t19-/m1/s1. The highest BCUT2D eigenvalue weighted by atomic mass is 127. The zero-order chi connectivity index (χ0) is 17.3. The molecule has 0 heterocycles. The van der Waals surface area contributed by atoms with Crippen molar-refractivity contribution in [3.05, 3.63) is 53.3 Å². The summed E-state index contributed by atoms with van der Waals surface area (Å²) < 4.78 is 20.9. The average Bonchev–Trinajstić information content (AvgIpc) is 2.94. The summed E-state index contributed by atoms with van der Waals surface area (Å²) in [6, 6.07) is 11.5. The minimum absolute atomic E-state index is 0.185.